The zero-order valence-corrected chi connectivity index (χ0v) is 22.0. The molecule has 5 rings (SSSR count). The predicted octanol–water partition coefficient (Wildman–Crippen LogP) is 5.87. The van der Waals surface area contributed by atoms with Crippen LogP contribution in [0.2, 0.25) is 10.0 Å². The average molecular weight is 554 g/mol. The van der Waals surface area contributed by atoms with E-state index < -0.39 is 17.6 Å². The lowest BCUT2D eigenvalue weighted by Crippen LogP contribution is -2.36. The molecule has 6 nitrogen and oxygen atoms in total. The van der Waals surface area contributed by atoms with Gasteiger partial charge in [0.1, 0.15) is 5.58 Å². The number of amides is 1. The molecule has 37 heavy (non-hydrogen) atoms. The van der Waals surface area contributed by atoms with Crippen LogP contribution in [0.1, 0.15) is 30.6 Å². The van der Waals surface area contributed by atoms with Gasteiger partial charge in [0.05, 0.1) is 23.9 Å². The number of morpholine rings is 1. The van der Waals surface area contributed by atoms with Gasteiger partial charge >= 0.3 is 5.92 Å². The Morgan fingerprint density at radius 1 is 1.00 bits per heavy atom. The maximum absolute atomic E-state index is 13.2. The highest BCUT2D eigenvalue weighted by Crippen LogP contribution is 2.33. The van der Waals surface area contributed by atoms with Crippen LogP contribution < -0.4 is 10.6 Å². The maximum atomic E-state index is 13.2. The van der Waals surface area contributed by atoms with Crippen molar-refractivity contribution in [1.29, 1.82) is 0 Å². The summed E-state index contributed by atoms with van der Waals surface area (Å²) >= 11 is 12.2. The van der Waals surface area contributed by atoms with Crippen molar-refractivity contribution in [2.45, 2.75) is 31.6 Å². The van der Waals surface area contributed by atoms with Gasteiger partial charge in [0.15, 0.2) is 5.76 Å². The first-order chi connectivity index (χ1) is 17.7. The SMILES string of the molecule is Clc1cc(CCCN2CCCC2)ccc1N1CCOCC1.NC(=O)C(F)(F)c1cc2cc(Cl)ccc2o1. The summed E-state index contributed by atoms with van der Waals surface area (Å²) in [6, 6.07) is 12.0. The number of furan rings is 1. The Kier molecular flexibility index (Phi) is 9.29. The minimum Gasteiger partial charge on any atom is -0.454 e. The molecule has 2 aliphatic rings. The summed E-state index contributed by atoms with van der Waals surface area (Å²) in [7, 11) is 0. The number of anilines is 1. The smallest absolute Gasteiger partial charge is 0.380 e. The number of benzene rings is 2. The van der Waals surface area contributed by atoms with Crippen molar-refractivity contribution in [3.63, 3.8) is 0 Å². The molecular formula is C27H31Cl2F2N3O3. The average Bonchev–Trinajstić information content (AvgIpc) is 3.55. The van der Waals surface area contributed by atoms with Crippen molar-refractivity contribution < 1.29 is 22.7 Å². The van der Waals surface area contributed by atoms with Crippen molar-refractivity contribution >= 4 is 45.8 Å². The summed E-state index contributed by atoms with van der Waals surface area (Å²) in [4.78, 5) is 15.4. The van der Waals surface area contributed by atoms with E-state index in [-0.39, 0.29) is 5.58 Å². The largest absolute Gasteiger partial charge is 0.454 e. The molecule has 200 valence electrons. The van der Waals surface area contributed by atoms with E-state index in [0.29, 0.717) is 10.4 Å². The van der Waals surface area contributed by atoms with Crippen LogP contribution >= 0.6 is 23.2 Å². The number of aryl methyl sites for hydroxylation is 1. The van der Waals surface area contributed by atoms with Crippen molar-refractivity contribution in [3.05, 3.63) is 63.8 Å². The first kappa shape index (κ1) is 27.6. The molecule has 10 heteroatoms. The van der Waals surface area contributed by atoms with Crippen LogP contribution in [0.3, 0.4) is 0 Å². The molecule has 0 atom stereocenters. The Bertz CT molecular complexity index is 1210. The number of halogens is 4. The molecule has 0 unspecified atom stereocenters. The van der Waals surface area contributed by atoms with Gasteiger partial charge in [0.25, 0.3) is 5.91 Å². The molecule has 0 spiro atoms. The zero-order chi connectivity index (χ0) is 26.4. The number of hydrogen-bond donors (Lipinski definition) is 1. The first-order valence-corrected chi connectivity index (χ1v) is 13.2. The van der Waals surface area contributed by atoms with Gasteiger partial charge in [-0.2, -0.15) is 8.78 Å². The third kappa shape index (κ3) is 7.13. The van der Waals surface area contributed by atoms with Crippen molar-refractivity contribution in [3.8, 4) is 0 Å². The lowest BCUT2D eigenvalue weighted by Gasteiger charge is -2.29. The van der Waals surface area contributed by atoms with E-state index in [1.165, 1.54) is 62.7 Å². The normalized spacial score (nSPS) is 16.6. The number of rotatable bonds is 7. The Morgan fingerprint density at radius 2 is 1.73 bits per heavy atom. The molecule has 0 saturated carbocycles. The lowest BCUT2D eigenvalue weighted by molar-refractivity contribution is -0.145. The second-order valence-electron chi connectivity index (χ2n) is 9.27. The van der Waals surface area contributed by atoms with E-state index in [2.05, 4.69) is 33.7 Å². The number of likely N-dealkylation sites (tertiary alicyclic amines) is 1. The summed E-state index contributed by atoms with van der Waals surface area (Å²) in [5.41, 5.74) is 7.31. The van der Waals surface area contributed by atoms with Crippen LogP contribution in [-0.2, 0) is 21.9 Å². The number of carbonyl (C=O) groups excluding carboxylic acids is 1. The van der Waals surface area contributed by atoms with E-state index in [4.69, 9.17) is 32.4 Å². The Hall–Kier alpha value is -2.39. The fourth-order valence-electron chi connectivity index (χ4n) is 4.57. The van der Waals surface area contributed by atoms with Gasteiger partial charge in [-0.05, 0) is 87.3 Å². The standard InChI is InChI=1S/C17H25ClN2O.C10H6ClF2NO2/c18-16-14-15(4-3-9-19-7-1-2-8-19)5-6-17(16)20-10-12-21-13-11-20;11-6-1-2-7-5(3-6)4-8(16-7)10(12,13)9(14)15/h5-6,14H,1-4,7-13H2;1-4H,(H2,14,15). The molecule has 2 fully saturated rings. The molecule has 3 aromatic rings. The van der Waals surface area contributed by atoms with Gasteiger partial charge < -0.3 is 24.7 Å². The Labute approximate surface area is 225 Å². The molecule has 0 radical (unpaired) electrons. The molecule has 3 heterocycles. The number of nitrogens with zero attached hydrogens (tertiary/aromatic N) is 2. The van der Waals surface area contributed by atoms with Gasteiger partial charge in [-0.25, -0.2) is 0 Å². The van der Waals surface area contributed by atoms with Crippen molar-refractivity contribution in [2.24, 2.45) is 5.73 Å². The number of hydrogen-bond acceptors (Lipinski definition) is 5. The van der Waals surface area contributed by atoms with Crippen LogP contribution in [0.15, 0.2) is 46.9 Å². The number of fused-ring (bicyclic) bond motifs is 1. The minimum atomic E-state index is -3.81. The number of primary amides is 1. The fourth-order valence-corrected chi connectivity index (χ4v) is 5.07. The highest BCUT2D eigenvalue weighted by Gasteiger charge is 2.42. The molecule has 2 aliphatic heterocycles. The topological polar surface area (TPSA) is 71.9 Å². The molecule has 0 bridgehead atoms. The quantitative estimate of drug-likeness (QED) is 0.396. The molecule has 2 aromatic carbocycles. The van der Waals surface area contributed by atoms with Crippen LogP contribution in [0.5, 0.6) is 0 Å². The lowest BCUT2D eigenvalue weighted by atomic mass is 10.1. The van der Waals surface area contributed by atoms with Gasteiger partial charge in [-0.3, -0.25) is 4.79 Å². The van der Waals surface area contributed by atoms with Crippen LogP contribution in [-0.4, -0.2) is 56.7 Å². The molecule has 2 N–H and O–H groups in total. The number of alkyl halides is 2. The van der Waals surface area contributed by atoms with Gasteiger partial charge in [-0.15, -0.1) is 0 Å². The summed E-state index contributed by atoms with van der Waals surface area (Å²) in [6.45, 7) is 7.28. The van der Waals surface area contributed by atoms with E-state index in [9.17, 15) is 13.6 Å². The second kappa shape index (κ2) is 12.4. The third-order valence-corrected chi connectivity index (χ3v) is 7.14. The monoisotopic (exact) mass is 553 g/mol. The highest BCUT2D eigenvalue weighted by atomic mass is 35.5. The molecule has 2 saturated heterocycles. The molecular weight excluding hydrogens is 523 g/mol. The Morgan fingerprint density at radius 3 is 2.41 bits per heavy atom. The summed E-state index contributed by atoms with van der Waals surface area (Å²) in [5, 5.41) is 1.67. The number of nitrogens with two attached hydrogens (primary N) is 1. The molecule has 1 aromatic heterocycles. The second-order valence-corrected chi connectivity index (χ2v) is 10.1. The van der Waals surface area contributed by atoms with Crippen LogP contribution in [0.4, 0.5) is 14.5 Å². The third-order valence-electron chi connectivity index (χ3n) is 6.60. The zero-order valence-electron chi connectivity index (χ0n) is 20.5. The van der Waals surface area contributed by atoms with Crippen LogP contribution in [0.25, 0.3) is 11.0 Å². The van der Waals surface area contributed by atoms with Crippen molar-refractivity contribution in [1.82, 2.24) is 4.90 Å². The van der Waals surface area contributed by atoms with E-state index in [0.717, 1.165) is 49.5 Å². The molecule has 1 amide bonds. The predicted molar refractivity (Wildman–Crippen MR) is 143 cm³/mol. The van der Waals surface area contributed by atoms with Crippen molar-refractivity contribution in [2.75, 3.05) is 50.8 Å². The summed E-state index contributed by atoms with van der Waals surface area (Å²) in [6.07, 6.45) is 5.10. The van der Waals surface area contributed by atoms with E-state index in [1.54, 1.807) is 0 Å². The highest BCUT2D eigenvalue weighted by molar-refractivity contribution is 6.33. The number of carbonyl (C=O) groups is 1. The first-order valence-electron chi connectivity index (χ1n) is 12.4. The Balaban J connectivity index is 0.000000180. The number of ether oxygens (including phenoxy) is 1. The van der Waals surface area contributed by atoms with Gasteiger partial charge in [0, 0.05) is 23.5 Å². The van der Waals surface area contributed by atoms with E-state index >= 15 is 0 Å². The van der Waals surface area contributed by atoms with Gasteiger partial charge in [0.2, 0.25) is 0 Å². The minimum absolute atomic E-state index is 0.223. The summed E-state index contributed by atoms with van der Waals surface area (Å²) in [5.74, 6) is -6.35. The van der Waals surface area contributed by atoms with Crippen LogP contribution in [0, 0.1) is 0 Å². The van der Waals surface area contributed by atoms with E-state index in [1.807, 2.05) is 0 Å². The summed E-state index contributed by atoms with van der Waals surface area (Å²) < 4.78 is 36.7. The molecule has 0 aliphatic carbocycles. The fraction of sp³-hybridized carbons (Fsp3) is 0.444. The van der Waals surface area contributed by atoms with Gasteiger partial charge in [-0.1, -0.05) is 29.3 Å². The maximum Gasteiger partial charge on any atom is 0.380 e.